The minimum atomic E-state index is -1.56. The lowest BCUT2D eigenvalue weighted by atomic mass is 10.1. The SMILES string of the molecule is C=C/C=C\C1C(C(=O)OCc2c(F)c(F)cc(F)c2F)C1(C)C. The molecule has 1 aliphatic carbocycles. The Labute approximate surface area is 131 Å². The van der Waals surface area contributed by atoms with Gasteiger partial charge in [0.15, 0.2) is 23.3 Å². The highest BCUT2D eigenvalue weighted by Gasteiger charge is 2.61. The number of benzene rings is 1. The number of allylic oxidation sites excluding steroid dienone is 3. The summed E-state index contributed by atoms with van der Waals surface area (Å²) in [4.78, 5) is 12.0. The summed E-state index contributed by atoms with van der Waals surface area (Å²) in [5, 5.41) is 0. The molecule has 0 N–H and O–H groups in total. The summed E-state index contributed by atoms with van der Waals surface area (Å²) in [7, 11) is 0. The standard InChI is InChI=1S/C17H16F4O2/c1-4-5-6-10-13(17(10,2)3)16(22)23-8-9-14(20)11(18)7-12(19)15(9)21/h4-7,10,13H,1,8H2,2-3H3/b6-5-. The van der Waals surface area contributed by atoms with Gasteiger partial charge < -0.3 is 4.74 Å². The van der Waals surface area contributed by atoms with Crippen LogP contribution >= 0.6 is 0 Å². The van der Waals surface area contributed by atoms with E-state index in [0.717, 1.165) is 0 Å². The van der Waals surface area contributed by atoms with Crippen LogP contribution in [0.5, 0.6) is 0 Å². The second-order valence-electron chi connectivity index (χ2n) is 6.00. The normalized spacial score (nSPS) is 22.2. The second-order valence-corrected chi connectivity index (χ2v) is 6.00. The van der Waals surface area contributed by atoms with Crippen molar-refractivity contribution in [2.75, 3.05) is 0 Å². The zero-order valence-electron chi connectivity index (χ0n) is 12.7. The van der Waals surface area contributed by atoms with Gasteiger partial charge in [0.05, 0.1) is 11.5 Å². The van der Waals surface area contributed by atoms with Crippen LogP contribution in [-0.4, -0.2) is 5.97 Å². The van der Waals surface area contributed by atoms with Crippen molar-refractivity contribution in [1.82, 2.24) is 0 Å². The van der Waals surface area contributed by atoms with Crippen LogP contribution in [-0.2, 0) is 16.1 Å². The van der Waals surface area contributed by atoms with Gasteiger partial charge in [0, 0.05) is 6.07 Å². The first-order valence-corrected chi connectivity index (χ1v) is 6.99. The van der Waals surface area contributed by atoms with Gasteiger partial charge in [-0.3, -0.25) is 4.79 Å². The first-order chi connectivity index (χ1) is 10.7. The molecule has 23 heavy (non-hydrogen) atoms. The molecule has 1 saturated carbocycles. The maximum Gasteiger partial charge on any atom is 0.310 e. The van der Waals surface area contributed by atoms with Crippen LogP contribution in [0.15, 0.2) is 30.9 Å². The first kappa shape index (κ1) is 17.2. The fourth-order valence-electron chi connectivity index (χ4n) is 2.67. The number of rotatable bonds is 5. The number of hydrogen-bond donors (Lipinski definition) is 0. The zero-order chi connectivity index (χ0) is 17.4. The number of ether oxygens (including phenoxy) is 1. The summed E-state index contributed by atoms with van der Waals surface area (Å²) in [6.07, 6.45) is 5.06. The highest BCUT2D eigenvalue weighted by molar-refractivity contribution is 5.78. The molecule has 2 atom stereocenters. The third kappa shape index (κ3) is 3.16. The Morgan fingerprint density at radius 1 is 1.26 bits per heavy atom. The van der Waals surface area contributed by atoms with E-state index in [-0.39, 0.29) is 17.4 Å². The largest absolute Gasteiger partial charge is 0.460 e. The van der Waals surface area contributed by atoms with E-state index in [1.54, 1.807) is 18.2 Å². The van der Waals surface area contributed by atoms with E-state index in [2.05, 4.69) is 6.58 Å². The fraction of sp³-hybridized carbons (Fsp3) is 0.353. The highest BCUT2D eigenvalue weighted by atomic mass is 19.2. The van der Waals surface area contributed by atoms with Crippen molar-refractivity contribution in [3.05, 3.63) is 59.7 Å². The molecule has 0 heterocycles. The minimum absolute atomic E-state index is 0.0908. The molecule has 0 amide bonds. The van der Waals surface area contributed by atoms with E-state index >= 15 is 0 Å². The average Bonchev–Trinajstić information content (AvgIpc) is 3.04. The molecule has 2 nitrogen and oxygen atoms in total. The molecular weight excluding hydrogens is 312 g/mol. The predicted molar refractivity (Wildman–Crippen MR) is 76.2 cm³/mol. The van der Waals surface area contributed by atoms with Gasteiger partial charge in [0.2, 0.25) is 0 Å². The van der Waals surface area contributed by atoms with Crippen molar-refractivity contribution < 1.29 is 27.1 Å². The van der Waals surface area contributed by atoms with Crippen LogP contribution in [0.3, 0.4) is 0 Å². The molecule has 1 fully saturated rings. The van der Waals surface area contributed by atoms with Crippen molar-refractivity contribution in [2.24, 2.45) is 17.3 Å². The molecule has 2 unspecified atom stereocenters. The van der Waals surface area contributed by atoms with Crippen molar-refractivity contribution in [3.8, 4) is 0 Å². The fourth-order valence-corrected chi connectivity index (χ4v) is 2.67. The molecule has 6 heteroatoms. The number of hydrogen-bond acceptors (Lipinski definition) is 2. The van der Waals surface area contributed by atoms with Crippen LogP contribution in [0.2, 0.25) is 0 Å². The quantitative estimate of drug-likeness (QED) is 0.349. The molecule has 0 aliphatic heterocycles. The Hall–Kier alpha value is -2.11. The summed E-state index contributed by atoms with van der Waals surface area (Å²) in [6, 6.07) is 0.107. The Balaban J connectivity index is 2.09. The van der Waals surface area contributed by atoms with Gasteiger partial charge in [0.25, 0.3) is 0 Å². The van der Waals surface area contributed by atoms with E-state index in [0.29, 0.717) is 0 Å². The van der Waals surface area contributed by atoms with E-state index < -0.39 is 47.3 Å². The Morgan fingerprint density at radius 2 is 1.83 bits per heavy atom. The maximum atomic E-state index is 13.5. The molecule has 0 aromatic heterocycles. The predicted octanol–water partition coefficient (Wildman–Crippen LogP) is 4.30. The van der Waals surface area contributed by atoms with Crippen LogP contribution in [0.1, 0.15) is 19.4 Å². The van der Waals surface area contributed by atoms with Gasteiger partial charge >= 0.3 is 5.97 Å². The molecule has 0 bridgehead atoms. The molecule has 0 radical (unpaired) electrons. The van der Waals surface area contributed by atoms with Gasteiger partial charge in [-0.2, -0.15) is 0 Å². The van der Waals surface area contributed by atoms with E-state index in [1.807, 2.05) is 13.8 Å². The third-order valence-electron chi connectivity index (χ3n) is 4.18. The van der Waals surface area contributed by atoms with Crippen molar-refractivity contribution >= 4 is 5.97 Å². The van der Waals surface area contributed by atoms with Crippen LogP contribution in [0.4, 0.5) is 17.6 Å². The lowest BCUT2D eigenvalue weighted by Crippen LogP contribution is -2.13. The van der Waals surface area contributed by atoms with E-state index in [4.69, 9.17) is 4.74 Å². The van der Waals surface area contributed by atoms with Crippen molar-refractivity contribution in [1.29, 1.82) is 0 Å². The summed E-state index contributed by atoms with van der Waals surface area (Å²) in [6.45, 7) is 6.36. The lowest BCUT2D eigenvalue weighted by molar-refractivity contribution is -0.147. The Bertz CT molecular complexity index is 653. The highest BCUT2D eigenvalue weighted by Crippen LogP contribution is 2.59. The number of esters is 1. The Morgan fingerprint density at radius 3 is 2.35 bits per heavy atom. The summed E-state index contributed by atoms with van der Waals surface area (Å²) >= 11 is 0. The lowest BCUT2D eigenvalue weighted by Gasteiger charge is -2.09. The van der Waals surface area contributed by atoms with Gasteiger partial charge in [-0.1, -0.05) is 38.7 Å². The van der Waals surface area contributed by atoms with Crippen molar-refractivity contribution in [3.63, 3.8) is 0 Å². The molecular formula is C17H16F4O2. The maximum absolute atomic E-state index is 13.5. The van der Waals surface area contributed by atoms with Gasteiger partial charge in [-0.05, 0) is 11.3 Å². The summed E-state index contributed by atoms with van der Waals surface area (Å²) in [5.74, 6) is -7.43. The monoisotopic (exact) mass is 328 g/mol. The molecule has 1 aromatic rings. The number of carbonyl (C=O) groups is 1. The average molecular weight is 328 g/mol. The van der Waals surface area contributed by atoms with E-state index in [1.165, 1.54) is 0 Å². The molecule has 1 aromatic carbocycles. The second kappa shape index (κ2) is 6.18. The topological polar surface area (TPSA) is 26.3 Å². The molecule has 0 spiro atoms. The van der Waals surface area contributed by atoms with Gasteiger partial charge in [0.1, 0.15) is 6.61 Å². The minimum Gasteiger partial charge on any atom is -0.460 e. The third-order valence-corrected chi connectivity index (χ3v) is 4.18. The van der Waals surface area contributed by atoms with Crippen molar-refractivity contribution in [2.45, 2.75) is 20.5 Å². The van der Waals surface area contributed by atoms with Gasteiger partial charge in [-0.25, -0.2) is 17.6 Å². The smallest absolute Gasteiger partial charge is 0.310 e. The van der Waals surface area contributed by atoms with E-state index in [9.17, 15) is 22.4 Å². The number of halogens is 4. The van der Waals surface area contributed by atoms with Crippen LogP contribution in [0.25, 0.3) is 0 Å². The van der Waals surface area contributed by atoms with Crippen LogP contribution < -0.4 is 0 Å². The first-order valence-electron chi connectivity index (χ1n) is 6.99. The molecule has 124 valence electrons. The molecule has 2 rings (SSSR count). The van der Waals surface area contributed by atoms with Gasteiger partial charge in [-0.15, -0.1) is 0 Å². The zero-order valence-corrected chi connectivity index (χ0v) is 12.7. The van der Waals surface area contributed by atoms with Crippen LogP contribution in [0, 0.1) is 40.5 Å². The Kier molecular flexibility index (Phi) is 4.63. The number of carbonyl (C=O) groups excluding carboxylic acids is 1. The molecule has 0 saturated heterocycles. The molecule has 1 aliphatic rings. The summed E-state index contributed by atoms with van der Waals surface area (Å²) in [5.41, 5.74) is -1.30. The summed E-state index contributed by atoms with van der Waals surface area (Å²) < 4.78 is 58.1.